The lowest BCUT2D eigenvalue weighted by Gasteiger charge is -2.00. The monoisotopic (exact) mass is 353 g/mol. The Kier molecular flexibility index (Phi) is 5.67. The van der Waals surface area contributed by atoms with Crippen LogP contribution in [0, 0.1) is 0 Å². The average molecular weight is 354 g/mol. The van der Waals surface area contributed by atoms with E-state index < -0.39 is 0 Å². The standard InChI is InChI=1S/C14H16BrN3OS/c1-2-3-4-5-12-17-18-14(20-12)16-13(19)10-6-8-11(15)9-7-10/h6-9H,2-5H2,1H3,(H,16,18,19). The predicted octanol–water partition coefficient (Wildman–Crippen LogP) is 4.29. The molecule has 0 spiro atoms. The van der Waals surface area contributed by atoms with Gasteiger partial charge in [-0.1, -0.05) is 47.0 Å². The van der Waals surface area contributed by atoms with Crippen LogP contribution in [0.2, 0.25) is 0 Å². The van der Waals surface area contributed by atoms with Gasteiger partial charge in [-0.3, -0.25) is 10.1 Å². The number of aromatic nitrogens is 2. The van der Waals surface area contributed by atoms with Gasteiger partial charge >= 0.3 is 0 Å². The molecular formula is C14H16BrN3OS. The van der Waals surface area contributed by atoms with E-state index in [1.807, 2.05) is 12.1 Å². The molecule has 1 aromatic carbocycles. The Labute approximate surface area is 130 Å². The third kappa shape index (κ3) is 4.38. The zero-order valence-corrected chi connectivity index (χ0v) is 13.6. The van der Waals surface area contributed by atoms with Crippen molar-refractivity contribution in [2.75, 3.05) is 5.32 Å². The van der Waals surface area contributed by atoms with E-state index in [0.717, 1.165) is 22.3 Å². The fourth-order valence-electron chi connectivity index (χ4n) is 1.70. The van der Waals surface area contributed by atoms with Crippen LogP contribution in [0.1, 0.15) is 41.6 Å². The maximum atomic E-state index is 12.0. The van der Waals surface area contributed by atoms with Crippen molar-refractivity contribution in [1.82, 2.24) is 10.2 Å². The molecule has 1 heterocycles. The molecule has 0 bridgehead atoms. The fraction of sp³-hybridized carbons (Fsp3) is 0.357. The van der Waals surface area contributed by atoms with Crippen LogP contribution in [0.15, 0.2) is 28.7 Å². The van der Waals surface area contributed by atoms with Crippen molar-refractivity contribution in [1.29, 1.82) is 0 Å². The summed E-state index contributed by atoms with van der Waals surface area (Å²) < 4.78 is 0.947. The first-order chi connectivity index (χ1) is 9.69. The molecule has 1 amide bonds. The van der Waals surface area contributed by atoms with Gasteiger partial charge in [-0.05, 0) is 30.7 Å². The van der Waals surface area contributed by atoms with Crippen LogP contribution < -0.4 is 5.32 Å². The average Bonchev–Trinajstić information content (AvgIpc) is 2.87. The number of hydrogen-bond acceptors (Lipinski definition) is 4. The second kappa shape index (κ2) is 7.50. The van der Waals surface area contributed by atoms with Crippen molar-refractivity contribution in [3.8, 4) is 0 Å². The summed E-state index contributed by atoms with van der Waals surface area (Å²) in [5.74, 6) is -0.159. The largest absolute Gasteiger partial charge is 0.296 e. The van der Waals surface area contributed by atoms with Gasteiger partial charge in [-0.15, -0.1) is 10.2 Å². The number of halogens is 1. The van der Waals surface area contributed by atoms with E-state index >= 15 is 0 Å². The van der Waals surface area contributed by atoms with Crippen molar-refractivity contribution in [2.45, 2.75) is 32.6 Å². The van der Waals surface area contributed by atoms with Crippen molar-refractivity contribution < 1.29 is 4.79 Å². The van der Waals surface area contributed by atoms with Gasteiger partial charge in [0.1, 0.15) is 5.01 Å². The predicted molar refractivity (Wildman–Crippen MR) is 85.2 cm³/mol. The maximum absolute atomic E-state index is 12.0. The highest BCUT2D eigenvalue weighted by molar-refractivity contribution is 9.10. The van der Waals surface area contributed by atoms with Crippen LogP contribution in [0.3, 0.4) is 0 Å². The van der Waals surface area contributed by atoms with E-state index in [4.69, 9.17) is 0 Å². The van der Waals surface area contributed by atoms with Crippen molar-refractivity contribution in [3.05, 3.63) is 39.3 Å². The maximum Gasteiger partial charge on any atom is 0.257 e. The van der Waals surface area contributed by atoms with Gasteiger partial charge in [0.05, 0.1) is 0 Å². The molecule has 4 nitrogen and oxygen atoms in total. The van der Waals surface area contributed by atoms with Gasteiger partial charge in [0, 0.05) is 16.5 Å². The second-order valence-corrected chi connectivity index (χ2v) is 6.40. The van der Waals surface area contributed by atoms with E-state index in [1.54, 1.807) is 12.1 Å². The Bertz CT molecular complexity index is 568. The van der Waals surface area contributed by atoms with Crippen LogP contribution in [0.4, 0.5) is 5.13 Å². The van der Waals surface area contributed by atoms with Gasteiger partial charge in [0.15, 0.2) is 0 Å². The van der Waals surface area contributed by atoms with E-state index in [1.165, 1.54) is 24.2 Å². The Morgan fingerprint density at radius 2 is 2.00 bits per heavy atom. The quantitative estimate of drug-likeness (QED) is 0.788. The van der Waals surface area contributed by atoms with Crippen molar-refractivity contribution in [3.63, 3.8) is 0 Å². The molecule has 0 aliphatic carbocycles. The minimum Gasteiger partial charge on any atom is -0.296 e. The molecule has 1 aromatic heterocycles. The van der Waals surface area contributed by atoms with Gasteiger partial charge in [-0.2, -0.15) is 0 Å². The molecule has 0 radical (unpaired) electrons. The molecule has 0 aliphatic heterocycles. The number of hydrogen-bond donors (Lipinski definition) is 1. The van der Waals surface area contributed by atoms with Gasteiger partial charge in [-0.25, -0.2) is 0 Å². The number of rotatable bonds is 6. The Morgan fingerprint density at radius 3 is 2.70 bits per heavy atom. The Morgan fingerprint density at radius 1 is 1.25 bits per heavy atom. The minimum atomic E-state index is -0.159. The molecule has 1 N–H and O–H groups in total. The highest BCUT2D eigenvalue weighted by atomic mass is 79.9. The summed E-state index contributed by atoms with van der Waals surface area (Å²) in [5, 5.41) is 12.4. The molecule has 0 saturated carbocycles. The fourth-order valence-corrected chi connectivity index (χ4v) is 2.74. The summed E-state index contributed by atoms with van der Waals surface area (Å²) >= 11 is 4.79. The number of nitrogens with one attached hydrogen (secondary N) is 1. The van der Waals surface area contributed by atoms with Crippen LogP contribution in [0.25, 0.3) is 0 Å². The van der Waals surface area contributed by atoms with E-state index in [-0.39, 0.29) is 5.91 Å². The number of carbonyl (C=O) groups excluding carboxylic acids is 1. The molecule has 2 rings (SSSR count). The van der Waals surface area contributed by atoms with Crippen molar-refractivity contribution in [2.24, 2.45) is 0 Å². The normalized spacial score (nSPS) is 10.5. The van der Waals surface area contributed by atoms with Crippen LogP contribution in [0.5, 0.6) is 0 Å². The summed E-state index contributed by atoms with van der Waals surface area (Å²) in [6.07, 6.45) is 4.43. The highest BCUT2D eigenvalue weighted by Gasteiger charge is 2.09. The van der Waals surface area contributed by atoms with Gasteiger partial charge in [0.2, 0.25) is 5.13 Å². The molecule has 6 heteroatoms. The molecule has 20 heavy (non-hydrogen) atoms. The van der Waals surface area contributed by atoms with E-state index in [2.05, 4.69) is 38.4 Å². The Balaban J connectivity index is 1.92. The number of carbonyl (C=O) groups is 1. The van der Waals surface area contributed by atoms with E-state index in [9.17, 15) is 4.79 Å². The second-order valence-electron chi connectivity index (χ2n) is 4.42. The van der Waals surface area contributed by atoms with Crippen molar-refractivity contribution >= 4 is 38.3 Å². The molecule has 2 aromatic rings. The SMILES string of the molecule is CCCCCc1nnc(NC(=O)c2ccc(Br)cc2)s1. The number of nitrogens with zero attached hydrogens (tertiary/aromatic N) is 2. The van der Waals surface area contributed by atoms with Gasteiger partial charge in [0.25, 0.3) is 5.91 Å². The summed E-state index contributed by atoms with van der Waals surface area (Å²) in [7, 11) is 0. The third-order valence-electron chi connectivity index (χ3n) is 2.79. The molecule has 106 valence electrons. The van der Waals surface area contributed by atoms with Crippen LogP contribution >= 0.6 is 27.3 Å². The lowest BCUT2D eigenvalue weighted by atomic mass is 10.2. The van der Waals surface area contributed by atoms with E-state index in [0.29, 0.717) is 10.7 Å². The lowest BCUT2D eigenvalue weighted by Crippen LogP contribution is -2.11. The number of amides is 1. The highest BCUT2D eigenvalue weighted by Crippen LogP contribution is 2.19. The molecule has 0 atom stereocenters. The first-order valence-electron chi connectivity index (χ1n) is 6.58. The molecule has 0 unspecified atom stereocenters. The number of anilines is 1. The first-order valence-corrected chi connectivity index (χ1v) is 8.19. The zero-order chi connectivity index (χ0) is 14.4. The zero-order valence-electron chi connectivity index (χ0n) is 11.2. The minimum absolute atomic E-state index is 0.159. The molecule has 0 saturated heterocycles. The van der Waals surface area contributed by atoms with Gasteiger partial charge < -0.3 is 0 Å². The number of unbranched alkanes of at least 4 members (excludes halogenated alkanes) is 2. The number of benzene rings is 1. The topological polar surface area (TPSA) is 54.9 Å². The summed E-state index contributed by atoms with van der Waals surface area (Å²) in [4.78, 5) is 12.0. The lowest BCUT2D eigenvalue weighted by molar-refractivity contribution is 0.102. The van der Waals surface area contributed by atoms with Crippen LogP contribution in [-0.4, -0.2) is 16.1 Å². The summed E-state index contributed by atoms with van der Waals surface area (Å²) in [6, 6.07) is 7.21. The smallest absolute Gasteiger partial charge is 0.257 e. The molecule has 0 aliphatic rings. The molecular weight excluding hydrogens is 338 g/mol. The summed E-state index contributed by atoms with van der Waals surface area (Å²) in [5.41, 5.74) is 0.607. The Hall–Kier alpha value is -1.27. The molecule has 0 fully saturated rings. The number of aryl methyl sites for hydroxylation is 1. The first kappa shape index (κ1) is 15.1. The summed E-state index contributed by atoms with van der Waals surface area (Å²) in [6.45, 7) is 2.17. The van der Waals surface area contributed by atoms with Crippen LogP contribution in [-0.2, 0) is 6.42 Å². The third-order valence-corrected chi connectivity index (χ3v) is 4.22.